The number of hydrogen-bond donors (Lipinski definition) is 1. The predicted octanol–water partition coefficient (Wildman–Crippen LogP) is 4.29. The largest absolute Gasteiger partial charge is 0.375 e. The Balaban J connectivity index is 2.03. The number of nitriles is 1. The van der Waals surface area contributed by atoms with Gasteiger partial charge in [-0.25, -0.2) is 0 Å². The highest BCUT2D eigenvalue weighted by atomic mass is 16.1. The Morgan fingerprint density at radius 1 is 1.16 bits per heavy atom. The minimum Gasteiger partial charge on any atom is -0.375 e. The van der Waals surface area contributed by atoms with Gasteiger partial charge in [0.1, 0.15) is 11.6 Å². The summed E-state index contributed by atoms with van der Waals surface area (Å²) in [6.45, 7) is 4.86. The smallest absolute Gasteiger partial charge is 0.267 e. The molecule has 2 aromatic rings. The molecule has 0 fully saturated rings. The van der Waals surface area contributed by atoms with E-state index in [9.17, 15) is 10.1 Å². The SMILES string of the molecule is CC(C)c1ccc(NC(=O)/C(C#N)=C\N(C)Cc2ccccc2)cc1. The fourth-order valence-electron chi connectivity index (χ4n) is 2.43. The summed E-state index contributed by atoms with van der Waals surface area (Å²) in [5, 5.41) is 12.1. The molecule has 0 radical (unpaired) electrons. The number of nitrogens with one attached hydrogen (secondary N) is 1. The van der Waals surface area contributed by atoms with E-state index in [1.807, 2.05) is 72.6 Å². The van der Waals surface area contributed by atoms with Crippen molar-refractivity contribution in [2.45, 2.75) is 26.3 Å². The number of carbonyl (C=O) groups excluding carboxylic acids is 1. The molecule has 0 saturated carbocycles. The number of hydrogen-bond acceptors (Lipinski definition) is 3. The van der Waals surface area contributed by atoms with Crippen LogP contribution in [0.5, 0.6) is 0 Å². The van der Waals surface area contributed by atoms with Crippen LogP contribution in [0.1, 0.15) is 30.9 Å². The van der Waals surface area contributed by atoms with Crippen LogP contribution < -0.4 is 5.32 Å². The maximum atomic E-state index is 12.3. The van der Waals surface area contributed by atoms with Gasteiger partial charge in [-0.1, -0.05) is 56.3 Å². The van der Waals surface area contributed by atoms with E-state index in [-0.39, 0.29) is 5.57 Å². The Morgan fingerprint density at radius 2 is 1.80 bits per heavy atom. The van der Waals surface area contributed by atoms with Gasteiger partial charge in [0, 0.05) is 25.5 Å². The molecule has 0 heterocycles. The maximum Gasteiger partial charge on any atom is 0.267 e. The van der Waals surface area contributed by atoms with Gasteiger partial charge in [0.05, 0.1) is 0 Å². The van der Waals surface area contributed by atoms with Crippen molar-refractivity contribution in [3.8, 4) is 6.07 Å². The number of rotatable bonds is 6. The van der Waals surface area contributed by atoms with Gasteiger partial charge in [-0.2, -0.15) is 5.26 Å². The number of amides is 1. The summed E-state index contributed by atoms with van der Waals surface area (Å²) in [5.74, 6) is 0.0330. The first-order valence-electron chi connectivity index (χ1n) is 8.27. The molecule has 0 aliphatic heterocycles. The number of benzene rings is 2. The van der Waals surface area contributed by atoms with Gasteiger partial charge in [-0.05, 0) is 29.2 Å². The van der Waals surface area contributed by atoms with E-state index in [4.69, 9.17) is 0 Å². The van der Waals surface area contributed by atoms with Crippen molar-refractivity contribution in [2.24, 2.45) is 0 Å². The molecule has 0 aliphatic carbocycles. The van der Waals surface area contributed by atoms with Gasteiger partial charge >= 0.3 is 0 Å². The Hall–Kier alpha value is -3.06. The molecule has 0 aliphatic rings. The average molecular weight is 333 g/mol. The van der Waals surface area contributed by atoms with Crippen LogP contribution in [0.2, 0.25) is 0 Å². The topological polar surface area (TPSA) is 56.1 Å². The first kappa shape index (κ1) is 18.3. The minimum atomic E-state index is -0.403. The molecule has 1 amide bonds. The third-order valence-corrected chi connectivity index (χ3v) is 3.82. The second kappa shape index (κ2) is 8.70. The number of nitrogens with zero attached hydrogens (tertiary/aromatic N) is 2. The van der Waals surface area contributed by atoms with Crippen molar-refractivity contribution in [1.29, 1.82) is 5.26 Å². The standard InChI is InChI=1S/C21H23N3O/c1-16(2)18-9-11-20(12-10-18)23-21(25)19(13-22)15-24(3)14-17-7-5-4-6-8-17/h4-12,15-16H,14H2,1-3H3,(H,23,25)/b19-15-. The number of carbonyl (C=O) groups is 1. The molecular weight excluding hydrogens is 310 g/mol. The highest BCUT2D eigenvalue weighted by molar-refractivity contribution is 6.06. The van der Waals surface area contributed by atoms with Gasteiger partial charge in [0.15, 0.2) is 0 Å². The lowest BCUT2D eigenvalue weighted by Crippen LogP contribution is -2.18. The van der Waals surface area contributed by atoms with Crippen LogP contribution in [-0.2, 0) is 11.3 Å². The van der Waals surface area contributed by atoms with Gasteiger partial charge in [0.25, 0.3) is 5.91 Å². The van der Waals surface area contributed by atoms with Crippen LogP contribution in [0, 0.1) is 11.3 Å². The molecule has 0 bridgehead atoms. The number of anilines is 1. The molecule has 0 saturated heterocycles. The van der Waals surface area contributed by atoms with Crippen molar-refractivity contribution in [3.63, 3.8) is 0 Å². The lowest BCUT2D eigenvalue weighted by atomic mass is 10.0. The average Bonchev–Trinajstić information content (AvgIpc) is 2.61. The second-order valence-electron chi connectivity index (χ2n) is 6.29. The van der Waals surface area contributed by atoms with Crippen LogP contribution >= 0.6 is 0 Å². The van der Waals surface area contributed by atoms with Crippen LogP contribution in [0.25, 0.3) is 0 Å². The molecule has 2 rings (SSSR count). The first-order chi connectivity index (χ1) is 12.0. The van der Waals surface area contributed by atoms with E-state index < -0.39 is 5.91 Å². The summed E-state index contributed by atoms with van der Waals surface area (Å²) in [6, 6.07) is 19.6. The van der Waals surface area contributed by atoms with Gasteiger partial charge in [-0.3, -0.25) is 4.79 Å². The van der Waals surface area contributed by atoms with E-state index in [2.05, 4.69) is 19.2 Å². The molecule has 1 N–H and O–H groups in total. The summed E-state index contributed by atoms with van der Waals surface area (Å²) in [6.07, 6.45) is 1.57. The summed E-state index contributed by atoms with van der Waals surface area (Å²) in [4.78, 5) is 14.2. The predicted molar refractivity (Wildman–Crippen MR) is 101 cm³/mol. The lowest BCUT2D eigenvalue weighted by Gasteiger charge is -2.15. The fraction of sp³-hybridized carbons (Fsp3) is 0.238. The van der Waals surface area contributed by atoms with E-state index in [1.54, 1.807) is 6.20 Å². The van der Waals surface area contributed by atoms with Crippen LogP contribution in [0.4, 0.5) is 5.69 Å². The highest BCUT2D eigenvalue weighted by Crippen LogP contribution is 2.17. The molecule has 128 valence electrons. The Bertz CT molecular complexity index is 771. The Labute approximate surface area is 149 Å². The van der Waals surface area contributed by atoms with Crippen molar-refractivity contribution in [3.05, 3.63) is 77.5 Å². The molecule has 25 heavy (non-hydrogen) atoms. The zero-order chi connectivity index (χ0) is 18.2. The quantitative estimate of drug-likeness (QED) is 0.634. The summed E-state index contributed by atoms with van der Waals surface area (Å²) in [5.41, 5.74) is 3.08. The zero-order valence-electron chi connectivity index (χ0n) is 14.9. The maximum absolute atomic E-state index is 12.3. The zero-order valence-corrected chi connectivity index (χ0v) is 14.9. The molecule has 0 aromatic heterocycles. The summed E-state index contributed by atoms with van der Waals surface area (Å²) >= 11 is 0. The molecule has 0 spiro atoms. The highest BCUT2D eigenvalue weighted by Gasteiger charge is 2.11. The monoisotopic (exact) mass is 333 g/mol. The van der Waals surface area contributed by atoms with Crippen molar-refractivity contribution in [1.82, 2.24) is 4.90 Å². The molecule has 4 nitrogen and oxygen atoms in total. The fourth-order valence-corrected chi connectivity index (χ4v) is 2.43. The minimum absolute atomic E-state index is 0.0753. The molecular formula is C21H23N3O. The molecule has 4 heteroatoms. The lowest BCUT2D eigenvalue weighted by molar-refractivity contribution is -0.112. The van der Waals surface area contributed by atoms with Crippen molar-refractivity contribution < 1.29 is 4.79 Å². The molecule has 0 atom stereocenters. The van der Waals surface area contributed by atoms with E-state index in [0.29, 0.717) is 18.2 Å². The van der Waals surface area contributed by atoms with E-state index in [0.717, 1.165) is 5.56 Å². The normalized spacial score (nSPS) is 11.1. The summed E-state index contributed by atoms with van der Waals surface area (Å²) < 4.78 is 0. The van der Waals surface area contributed by atoms with Gasteiger partial charge in [0.2, 0.25) is 0 Å². The Kier molecular flexibility index (Phi) is 6.36. The van der Waals surface area contributed by atoms with E-state index >= 15 is 0 Å². The van der Waals surface area contributed by atoms with Crippen LogP contribution in [-0.4, -0.2) is 17.9 Å². The van der Waals surface area contributed by atoms with E-state index in [1.165, 1.54) is 5.56 Å². The van der Waals surface area contributed by atoms with Gasteiger partial charge in [-0.15, -0.1) is 0 Å². The Morgan fingerprint density at radius 3 is 2.36 bits per heavy atom. The van der Waals surface area contributed by atoms with Crippen LogP contribution in [0.15, 0.2) is 66.4 Å². The van der Waals surface area contributed by atoms with Gasteiger partial charge < -0.3 is 10.2 Å². The third kappa shape index (κ3) is 5.50. The van der Waals surface area contributed by atoms with Crippen molar-refractivity contribution >= 4 is 11.6 Å². The third-order valence-electron chi connectivity index (χ3n) is 3.82. The first-order valence-corrected chi connectivity index (χ1v) is 8.27. The van der Waals surface area contributed by atoms with Crippen molar-refractivity contribution in [2.75, 3.05) is 12.4 Å². The second-order valence-corrected chi connectivity index (χ2v) is 6.29. The summed E-state index contributed by atoms with van der Waals surface area (Å²) in [7, 11) is 1.84. The molecule has 2 aromatic carbocycles. The van der Waals surface area contributed by atoms with Crippen LogP contribution in [0.3, 0.4) is 0 Å². The molecule has 0 unspecified atom stereocenters.